The number of methoxy groups -OCH3 is 2. The number of anilines is 1. The Balaban J connectivity index is 1.74. The van der Waals surface area contributed by atoms with Crippen LogP contribution >= 0.6 is 0 Å². The summed E-state index contributed by atoms with van der Waals surface area (Å²) >= 11 is 0. The normalized spacial score (nSPS) is 15.8. The van der Waals surface area contributed by atoms with Crippen LogP contribution in [0.2, 0.25) is 0 Å². The first-order valence-electron chi connectivity index (χ1n) is 47.3. The number of likely N-dealkylation sites (tertiary alicyclic amines) is 1. The zero-order chi connectivity index (χ0) is 103. The second-order valence-corrected chi connectivity index (χ2v) is 35.8. The molecule has 12 N–H and O–H groups in total. The SMILES string of the molecule is CCOCCOCCOCCNC(=O)[C@H](CC(=O)NCC(=O)N(C)CC(=O)N(C)CC(=O)N(C)CC(=O)N(C)CC)NC(=O)C(OC(=O)N(C)[C@H](C(=O)N[C@H](C(=O)N(C)[C@H](C(CC(=O)N1CCC[C@H]1[C@H](OC)[C@@H](C)C(=O)N[C@H](C)[C@@H](O)c1ccccc1)OC)[C@@H](C)CC)C(C)C)C(C)C)c1ccc(NC(=O)[C@H](CCCNC(N)=O)NC(=O)[C@@H](NC(=O)CCCCCN2C(=O)C=CC2=O)C(C)C)cc1. The van der Waals surface area contributed by atoms with Crippen molar-refractivity contribution < 1.29 is 120 Å². The average Bonchev–Trinajstić information content (AvgIpc) is 1.02. The molecule has 0 saturated carbocycles. The molecule has 2 aromatic carbocycles. The van der Waals surface area contributed by atoms with E-state index in [-0.39, 0.29) is 113 Å². The Kier molecular flexibility index (Phi) is 52.2. The molecule has 43 nitrogen and oxygen atoms in total. The van der Waals surface area contributed by atoms with E-state index in [1.165, 1.54) is 88.6 Å². The topological polar surface area (TPSA) is 543 Å². The number of hydrogen-bond acceptors (Lipinski definition) is 25. The van der Waals surface area contributed by atoms with Gasteiger partial charge in [-0.25, -0.2) is 9.59 Å². The number of nitrogens with two attached hydrogens (primary N) is 1. The molecule has 2 unspecified atom stereocenters. The lowest BCUT2D eigenvalue weighted by Crippen LogP contribution is -2.60. The van der Waals surface area contributed by atoms with Gasteiger partial charge < -0.3 is 117 Å². The van der Waals surface area contributed by atoms with Crippen molar-refractivity contribution in [3.05, 3.63) is 77.9 Å². The second kappa shape index (κ2) is 60.8. The van der Waals surface area contributed by atoms with Crippen LogP contribution in [0.3, 0.4) is 0 Å². The first-order valence-corrected chi connectivity index (χ1v) is 47.3. The number of carbonyl (C=O) groups excluding carboxylic acids is 18. The number of unbranched alkanes of at least 4 members (excludes halogenated alkanes) is 2. The summed E-state index contributed by atoms with van der Waals surface area (Å²) < 4.78 is 34.8. The van der Waals surface area contributed by atoms with E-state index in [1.54, 1.807) is 106 Å². The van der Waals surface area contributed by atoms with Gasteiger partial charge in [0.15, 0.2) is 0 Å². The summed E-state index contributed by atoms with van der Waals surface area (Å²) in [4.78, 5) is 259. The number of aliphatic hydroxyl groups is 1. The summed E-state index contributed by atoms with van der Waals surface area (Å²) in [6.45, 7) is 20.6. The van der Waals surface area contributed by atoms with Gasteiger partial charge in [0.25, 0.3) is 17.7 Å². The molecule has 43 heteroatoms. The van der Waals surface area contributed by atoms with Crippen LogP contribution in [-0.4, -0.2) is 367 Å². The first kappa shape index (κ1) is 119. The van der Waals surface area contributed by atoms with Gasteiger partial charge in [-0.1, -0.05) is 118 Å². The van der Waals surface area contributed by atoms with Gasteiger partial charge in [-0.3, -0.25) is 86.5 Å². The number of aliphatic hydroxyl groups excluding tert-OH is 1. The van der Waals surface area contributed by atoms with Crippen molar-refractivity contribution in [2.24, 2.45) is 35.3 Å². The van der Waals surface area contributed by atoms with Gasteiger partial charge in [0.05, 0.1) is 114 Å². The number of ether oxygens (including phenoxy) is 6. The molecule has 1 fully saturated rings. The number of nitrogens with zero attached hydrogens (tertiary/aromatic N) is 8. The average molecular weight is 1950 g/mol. The Bertz CT molecular complexity index is 4360. The van der Waals surface area contributed by atoms with Crippen LogP contribution < -0.4 is 53.6 Å². The summed E-state index contributed by atoms with van der Waals surface area (Å²) in [7, 11) is 11.2. The van der Waals surface area contributed by atoms with Gasteiger partial charge in [0, 0.05) is 126 Å². The molecular weight excluding hydrogens is 1790 g/mol. The number of likely N-dealkylation sites (N-methyl/N-ethyl adjacent to an activating group) is 6. The van der Waals surface area contributed by atoms with Crippen molar-refractivity contribution in [1.29, 1.82) is 0 Å². The number of primary amides is 1. The molecule has 138 heavy (non-hydrogen) atoms. The number of hydrogen-bond donors (Lipinski definition) is 11. The van der Waals surface area contributed by atoms with Gasteiger partial charge in [0.1, 0.15) is 30.2 Å². The van der Waals surface area contributed by atoms with E-state index in [0.717, 1.165) is 24.5 Å². The summed E-state index contributed by atoms with van der Waals surface area (Å²) in [5.41, 5.74) is 5.82. The maximum atomic E-state index is 15.4. The van der Waals surface area contributed by atoms with Crippen LogP contribution in [0.5, 0.6) is 0 Å². The molecular formula is C95H152N18O25. The summed E-state index contributed by atoms with van der Waals surface area (Å²) in [6.07, 6.45) is -2.12. The van der Waals surface area contributed by atoms with Crippen molar-refractivity contribution in [1.82, 2.24) is 81.7 Å². The van der Waals surface area contributed by atoms with E-state index >= 15 is 19.2 Å². The molecule has 2 aliphatic rings. The Morgan fingerprint density at radius 1 is 0.536 bits per heavy atom. The van der Waals surface area contributed by atoms with Crippen LogP contribution in [0.25, 0.3) is 0 Å². The van der Waals surface area contributed by atoms with Crippen LogP contribution in [0.1, 0.15) is 177 Å². The molecule has 0 spiro atoms. The van der Waals surface area contributed by atoms with Crippen molar-refractivity contribution in [3.8, 4) is 0 Å². The molecule has 4 rings (SSSR count). The third-order valence-electron chi connectivity index (χ3n) is 24.3. The summed E-state index contributed by atoms with van der Waals surface area (Å²) in [5, 5.41) is 35.0. The molecule has 0 radical (unpaired) electrons. The number of imide groups is 1. The van der Waals surface area contributed by atoms with Crippen LogP contribution in [0.4, 0.5) is 15.3 Å². The van der Waals surface area contributed by atoms with E-state index in [4.69, 9.17) is 34.2 Å². The van der Waals surface area contributed by atoms with E-state index < -0.39 is 211 Å². The second-order valence-electron chi connectivity index (χ2n) is 35.8. The minimum absolute atomic E-state index is 0.0180. The maximum Gasteiger partial charge on any atom is 0.411 e. The van der Waals surface area contributed by atoms with Gasteiger partial charge in [-0.2, -0.15) is 0 Å². The van der Waals surface area contributed by atoms with Crippen LogP contribution in [-0.2, 0) is 105 Å². The molecule has 772 valence electrons. The summed E-state index contributed by atoms with van der Waals surface area (Å²) in [6, 6.07) is 3.94. The number of benzene rings is 2. The maximum absolute atomic E-state index is 15.4. The fourth-order valence-corrected chi connectivity index (χ4v) is 15.7. The minimum Gasteiger partial charge on any atom is -0.431 e. The molecule has 0 bridgehead atoms. The summed E-state index contributed by atoms with van der Waals surface area (Å²) in [5.74, 6) is -13.8. The van der Waals surface area contributed by atoms with Gasteiger partial charge in [-0.15, -0.1) is 0 Å². The lowest BCUT2D eigenvalue weighted by Gasteiger charge is -2.41. The van der Waals surface area contributed by atoms with E-state index in [2.05, 4.69) is 47.9 Å². The highest BCUT2D eigenvalue weighted by molar-refractivity contribution is 6.13. The highest BCUT2D eigenvalue weighted by Crippen LogP contribution is 2.32. The van der Waals surface area contributed by atoms with E-state index in [9.17, 15) is 72.2 Å². The minimum atomic E-state index is -2.13. The number of nitrogens with one attached hydrogen (secondary N) is 9. The van der Waals surface area contributed by atoms with E-state index in [0.29, 0.717) is 70.4 Å². The van der Waals surface area contributed by atoms with Gasteiger partial charge in [-0.05, 0) is 101 Å². The molecule has 2 aliphatic heterocycles. The van der Waals surface area contributed by atoms with Crippen molar-refractivity contribution in [3.63, 3.8) is 0 Å². The molecule has 2 heterocycles. The Hall–Kier alpha value is -11.8. The van der Waals surface area contributed by atoms with Gasteiger partial charge in [0.2, 0.25) is 82.9 Å². The van der Waals surface area contributed by atoms with Crippen molar-refractivity contribution in [2.45, 2.75) is 226 Å². The third kappa shape index (κ3) is 38.5. The Morgan fingerprint density at radius 2 is 1.12 bits per heavy atom. The zero-order valence-corrected chi connectivity index (χ0v) is 84.0. The third-order valence-corrected chi connectivity index (χ3v) is 24.3. The monoisotopic (exact) mass is 1950 g/mol. The molecule has 0 aromatic heterocycles. The molecule has 19 amide bonds. The largest absolute Gasteiger partial charge is 0.431 e. The molecule has 2 aromatic rings. The lowest BCUT2D eigenvalue weighted by molar-refractivity contribution is -0.148. The predicted octanol–water partition coefficient (Wildman–Crippen LogP) is 1.65. The van der Waals surface area contributed by atoms with Crippen molar-refractivity contribution in [2.75, 3.05) is 160 Å². The zero-order valence-electron chi connectivity index (χ0n) is 84.0. The van der Waals surface area contributed by atoms with Crippen LogP contribution in [0.15, 0.2) is 66.7 Å². The highest BCUT2D eigenvalue weighted by atomic mass is 16.6. The number of rotatable bonds is 62. The van der Waals surface area contributed by atoms with Gasteiger partial charge >= 0.3 is 12.1 Å². The number of urea groups is 1. The molecule has 1 saturated heterocycles. The molecule has 14 atom stereocenters. The first-order chi connectivity index (χ1) is 65.3. The lowest BCUT2D eigenvalue weighted by atomic mass is 9.89. The Labute approximate surface area is 810 Å². The quantitative estimate of drug-likeness (QED) is 0.0331. The van der Waals surface area contributed by atoms with Crippen LogP contribution in [0, 0.1) is 29.6 Å². The fourth-order valence-electron chi connectivity index (χ4n) is 15.7. The standard InChI is InChI=1S/C95H152N18O25/c1-21-61(10)83(70(133-19)53-75(118)112-46-31-35-69(112)85(134-20)62(11)87(124)100-63(12)84(123)64-32-26-24-27-33-64)110(17)93(130)81(59(6)7)105-91(128)82(60(8)9)111(18)95(132)138-86(65-37-39-66(40-38-65)101-89(126)67(34-30-43-98-94(96)131)102-90(127)80(58(4)5)104-71(114)36-28-25-29-45-113-73(116)41-42-74(113)117)92(129)103-68(88(125)97-44-47-136-50-51-137-49-48-135-23-3)52-72(115)99-54-76(119)107(14)56-78(121)109(16)57-79(122)108(15)55-77(120)106(13)22-2/h24,26-27,32-33,37-42,58-63,67-70,80-86,123H,21-23,25,28-31,34-36,43-57H2,1-20H3,(H,97,125)(H,99,115)(H,100,124)(H,101,126)(H,102,127)(H,103,129)(H,104,114)(H,105,128)(H3,96,98,131)/t61-,62+,63+,67-,68-,69-,70?,80-,81-,82-,83-,84+,85+,86?/m0/s1. The Morgan fingerprint density at radius 3 is 1.67 bits per heavy atom. The highest BCUT2D eigenvalue weighted by Gasteiger charge is 2.46. The molecule has 0 aliphatic carbocycles. The fraction of sp³-hybridized carbons (Fsp3) is 0.663. The predicted molar refractivity (Wildman–Crippen MR) is 509 cm³/mol. The van der Waals surface area contributed by atoms with E-state index in [1.807, 2.05) is 26.8 Å². The number of carbonyl (C=O) groups is 18. The van der Waals surface area contributed by atoms with Crippen molar-refractivity contribution >= 4 is 112 Å². The number of amides is 19. The smallest absolute Gasteiger partial charge is 0.411 e.